The predicted molar refractivity (Wildman–Crippen MR) is 65.2 cm³/mol. The fourth-order valence-electron chi connectivity index (χ4n) is 1.83. The molecule has 1 aliphatic rings. The molecule has 0 saturated heterocycles. The molecule has 0 saturated carbocycles. The summed E-state index contributed by atoms with van der Waals surface area (Å²) in [6.07, 6.45) is 0. The minimum atomic E-state index is 0.00604. The van der Waals surface area contributed by atoms with E-state index in [4.69, 9.17) is 9.84 Å². The van der Waals surface area contributed by atoms with Gasteiger partial charge in [0.05, 0.1) is 37.7 Å². The van der Waals surface area contributed by atoms with Crippen LogP contribution in [-0.2, 0) is 9.53 Å². The van der Waals surface area contributed by atoms with Crippen LogP contribution < -0.4 is 10.2 Å². The third-order valence-electron chi connectivity index (χ3n) is 2.62. The van der Waals surface area contributed by atoms with Crippen molar-refractivity contribution >= 4 is 17.3 Å². The summed E-state index contributed by atoms with van der Waals surface area (Å²) in [7, 11) is 0. The molecule has 0 aromatic heterocycles. The number of hydrogen-bond acceptors (Lipinski definition) is 4. The summed E-state index contributed by atoms with van der Waals surface area (Å²) in [5.41, 5.74) is 1.85. The Morgan fingerprint density at radius 3 is 3.00 bits per heavy atom. The van der Waals surface area contributed by atoms with Crippen molar-refractivity contribution < 1.29 is 14.6 Å². The van der Waals surface area contributed by atoms with Gasteiger partial charge in [0.1, 0.15) is 0 Å². The maximum Gasteiger partial charge on any atom is 0.246 e. The molecule has 0 bridgehead atoms. The van der Waals surface area contributed by atoms with Gasteiger partial charge in [-0.15, -0.1) is 0 Å². The number of rotatable bonds is 5. The van der Waals surface area contributed by atoms with Crippen LogP contribution in [0.3, 0.4) is 0 Å². The molecule has 0 aliphatic carbocycles. The lowest BCUT2D eigenvalue weighted by Crippen LogP contribution is -2.41. The molecule has 1 amide bonds. The first kappa shape index (κ1) is 11.9. The number of carbonyl (C=O) groups excluding carboxylic acids is 1. The number of aliphatic hydroxyl groups excluding tert-OH is 1. The second kappa shape index (κ2) is 5.65. The Bertz CT molecular complexity index is 395. The van der Waals surface area contributed by atoms with Gasteiger partial charge in [0.15, 0.2) is 0 Å². The highest BCUT2D eigenvalue weighted by Crippen LogP contribution is 2.28. The van der Waals surface area contributed by atoms with Crippen molar-refractivity contribution in [2.75, 3.05) is 43.1 Å². The van der Waals surface area contributed by atoms with Crippen LogP contribution in [0.15, 0.2) is 24.3 Å². The topological polar surface area (TPSA) is 61.8 Å². The van der Waals surface area contributed by atoms with Crippen molar-refractivity contribution in [2.45, 2.75) is 0 Å². The number of para-hydroxylation sites is 2. The zero-order valence-electron chi connectivity index (χ0n) is 9.56. The summed E-state index contributed by atoms with van der Waals surface area (Å²) in [6, 6.07) is 7.69. The number of nitrogens with zero attached hydrogens (tertiary/aromatic N) is 1. The molecule has 1 heterocycles. The molecule has 0 fully saturated rings. The quantitative estimate of drug-likeness (QED) is 0.729. The molecule has 92 valence electrons. The van der Waals surface area contributed by atoms with Gasteiger partial charge in [-0.2, -0.15) is 0 Å². The number of anilines is 2. The van der Waals surface area contributed by atoms with E-state index in [9.17, 15) is 4.79 Å². The number of aliphatic hydroxyl groups is 1. The van der Waals surface area contributed by atoms with Crippen LogP contribution in [-0.4, -0.2) is 43.9 Å². The van der Waals surface area contributed by atoms with Crippen LogP contribution in [0.2, 0.25) is 0 Å². The number of fused-ring (bicyclic) bond motifs is 1. The van der Waals surface area contributed by atoms with Crippen LogP contribution in [0.1, 0.15) is 0 Å². The number of carbonyl (C=O) groups is 1. The summed E-state index contributed by atoms with van der Waals surface area (Å²) in [5, 5.41) is 11.7. The van der Waals surface area contributed by atoms with Crippen molar-refractivity contribution in [3.8, 4) is 0 Å². The monoisotopic (exact) mass is 236 g/mol. The lowest BCUT2D eigenvalue weighted by atomic mass is 10.2. The molecule has 1 aromatic carbocycles. The summed E-state index contributed by atoms with van der Waals surface area (Å²) >= 11 is 0. The van der Waals surface area contributed by atoms with Gasteiger partial charge in [0.2, 0.25) is 5.91 Å². The van der Waals surface area contributed by atoms with Crippen molar-refractivity contribution in [3.63, 3.8) is 0 Å². The first-order chi connectivity index (χ1) is 8.33. The van der Waals surface area contributed by atoms with E-state index in [1.807, 2.05) is 24.3 Å². The van der Waals surface area contributed by atoms with E-state index >= 15 is 0 Å². The second-order valence-corrected chi connectivity index (χ2v) is 3.75. The highest BCUT2D eigenvalue weighted by atomic mass is 16.5. The Morgan fingerprint density at radius 2 is 2.18 bits per heavy atom. The molecule has 0 spiro atoms. The number of amides is 1. The Balaban J connectivity index is 2.02. The van der Waals surface area contributed by atoms with Crippen molar-refractivity contribution in [2.24, 2.45) is 0 Å². The van der Waals surface area contributed by atoms with Gasteiger partial charge >= 0.3 is 0 Å². The average Bonchev–Trinajstić information content (AvgIpc) is 2.37. The van der Waals surface area contributed by atoms with Crippen molar-refractivity contribution in [3.05, 3.63) is 24.3 Å². The Morgan fingerprint density at radius 1 is 1.35 bits per heavy atom. The van der Waals surface area contributed by atoms with Gasteiger partial charge in [-0.3, -0.25) is 4.79 Å². The summed E-state index contributed by atoms with van der Waals surface area (Å²) in [6.45, 7) is 1.57. The van der Waals surface area contributed by atoms with E-state index in [1.165, 1.54) is 0 Å². The molecular formula is C12H16N2O3. The number of ether oxygens (including phenoxy) is 1. The highest BCUT2D eigenvalue weighted by Gasteiger charge is 2.22. The molecule has 5 heteroatoms. The van der Waals surface area contributed by atoms with Crippen LogP contribution in [0, 0.1) is 0 Å². The van der Waals surface area contributed by atoms with E-state index in [-0.39, 0.29) is 12.5 Å². The first-order valence-electron chi connectivity index (χ1n) is 5.65. The Labute approximate surface area is 100.0 Å². The second-order valence-electron chi connectivity index (χ2n) is 3.75. The smallest absolute Gasteiger partial charge is 0.246 e. The lowest BCUT2D eigenvalue weighted by Gasteiger charge is -2.30. The molecule has 5 nitrogen and oxygen atoms in total. The van der Waals surface area contributed by atoms with Crippen LogP contribution >= 0.6 is 0 Å². The van der Waals surface area contributed by atoms with Gasteiger partial charge in [-0.25, -0.2) is 0 Å². The van der Waals surface area contributed by atoms with Gasteiger partial charge in [-0.05, 0) is 12.1 Å². The van der Waals surface area contributed by atoms with Crippen LogP contribution in [0.4, 0.5) is 11.4 Å². The third kappa shape index (κ3) is 2.75. The number of nitrogens with one attached hydrogen (secondary N) is 1. The zero-order chi connectivity index (χ0) is 12.1. The van der Waals surface area contributed by atoms with Crippen LogP contribution in [0.25, 0.3) is 0 Å². The van der Waals surface area contributed by atoms with E-state index in [0.29, 0.717) is 26.3 Å². The van der Waals surface area contributed by atoms with E-state index in [0.717, 1.165) is 11.4 Å². The fraction of sp³-hybridized carbons (Fsp3) is 0.417. The predicted octanol–water partition coefficient (Wildman–Crippen LogP) is 0.454. The molecule has 2 rings (SSSR count). The molecule has 2 N–H and O–H groups in total. The van der Waals surface area contributed by atoms with E-state index < -0.39 is 0 Å². The molecule has 1 aromatic rings. The standard InChI is InChI=1S/C12H16N2O3/c15-6-8-17-7-5-14-11-4-2-1-3-10(11)13-9-12(14)16/h1-4,13,15H,5-9H2. The van der Waals surface area contributed by atoms with Crippen molar-refractivity contribution in [1.82, 2.24) is 0 Å². The molecule has 1 aliphatic heterocycles. The van der Waals surface area contributed by atoms with E-state index in [2.05, 4.69) is 5.32 Å². The van der Waals surface area contributed by atoms with E-state index in [1.54, 1.807) is 4.90 Å². The van der Waals surface area contributed by atoms with Gasteiger partial charge in [0.25, 0.3) is 0 Å². The third-order valence-corrected chi connectivity index (χ3v) is 2.62. The SMILES string of the molecule is O=C1CNc2ccccc2N1CCOCCO. The normalized spacial score (nSPS) is 14.4. The zero-order valence-corrected chi connectivity index (χ0v) is 9.56. The number of benzene rings is 1. The van der Waals surface area contributed by atoms with Crippen LogP contribution in [0.5, 0.6) is 0 Å². The highest BCUT2D eigenvalue weighted by molar-refractivity contribution is 6.02. The molecule has 17 heavy (non-hydrogen) atoms. The van der Waals surface area contributed by atoms with Gasteiger partial charge in [-0.1, -0.05) is 12.1 Å². The number of hydrogen-bond donors (Lipinski definition) is 2. The summed E-state index contributed by atoms with van der Waals surface area (Å²) in [4.78, 5) is 13.5. The molecular weight excluding hydrogens is 220 g/mol. The van der Waals surface area contributed by atoms with Gasteiger partial charge in [0, 0.05) is 6.54 Å². The minimum absolute atomic E-state index is 0.00604. The maximum atomic E-state index is 11.8. The maximum absolute atomic E-state index is 11.8. The Kier molecular flexibility index (Phi) is 3.95. The fourth-order valence-corrected chi connectivity index (χ4v) is 1.83. The largest absolute Gasteiger partial charge is 0.394 e. The van der Waals surface area contributed by atoms with Gasteiger partial charge < -0.3 is 20.1 Å². The minimum Gasteiger partial charge on any atom is -0.394 e. The van der Waals surface area contributed by atoms with Crippen molar-refractivity contribution in [1.29, 1.82) is 0 Å². The molecule has 0 unspecified atom stereocenters. The summed E-state index contributed by atoms with van der Waals surface area (Å²) < 4.78 is 5.18. The molecule has 0 radical (unpaired) electrons. The first-order valence-corrected chi connectivity index (χ1v) is 5.65. The lowest BCUT2D eigenvalue weighted by molar-refractivity contribution is -0.117. The summed E-state index contributed by atoms with van der Waals surface area (Å²) in [5.74, 6) is 0.0382. The Hall–Kier alpha value is -1.59. The molecule has 0 atom stereocenters. The average molecular weight is 236 g/mol.